The summed E-state index contributed by atoms with van der Waals surface area (Å²) in [6.07, 6.45) is 3.70. The SMILES string of the molecule is CCC1CC1NC(=O)c1nc(C(C)C)ncc1NN. The second-order valence-electron chi connectivity index (χ2n) is 5.27. The number of hydrogen-bond acceptors (Lipinski definition) is 5. The van der Waals surface area contributed by atoms with Crippen LogP contribution in [0.1, 0.15) is 55.8 Å². The average Bonchev–Trinajstić information content (AvgIpc) is 3.16. The summed E-state index contributed by atoms with van der Waals surface area (Å²) in [7, 11) is 0. The largest absolute Gasteiger partial charge is 0.348 e. The third-order valence-corrected chi connectivity index (χ3v) is 3.46. The molecule has 104 valence electrons. The van der Waals surface area contributed by atoms with Crippen molar-refractivity contribution in [1.29, 1.82) is 0 Å². The second-order valence-corrected chi connectivity index (χ2v) is 5.27. The van der Waals surface area contributed by atoms with Crippen molar-refractivity contribution in [3.8, 4) is 0 Å². The van der Waals surface area contributed by atoms with Gasteiger partial charge < -0.3 is 10.7 Å². The molecule has 2 rings (SSSR count). The molecule has 1 aromatic rings. The minimum absolute atomic E-state index is 0.169. The Morgan fingerprint density at radius 2 is 2.32 bits per heavy atom. The molecule has 1 aromatic heterocycles. The van der Waals surface area contributed by atoms with Crippen molar-refractivity contribution >= 4 is 11.6 Å². The molecule has 0 aliphatic heterocycles. The van der Waals surface area contributed by atoms with Crippen LogP contribution in [0.2, 0.25) is 0 Å². The van der Waals surface area contributed by atoms with Crippen molar-refractivity contribution in [2.45, 2.75) is 45.6 Å². The number of hydrogen-bond donors (Lipinski definition) is 3. The molecule has 6 heteroatoms. The fourth-order valence-electron chi connectivity index (χ4n) is 2.06. The zero-order valence-corrected chi connectivity index (χ0v) is 11.6. The van der Waals surface area contributed by atoms with Gasteiger partial charge in [0.25, 0.3) is 5.91 Å². The molecule has 0 radical (unpaired) electrons. The van der Waals surface area contributed by atoms with Crippen molar-refractivity contribution in [3.63, 3.8) is 0 Å². The monoisotopic (exact) mass is 263 g/mol. The molecular formula is C13H21N5O. The summed E-state index contributed by atoms with van der Waals surface area (Å²) in [5, 5.41) is 2.99. The molecule has 0 bridgehead atoms. The maximum Gasteiger partial charge on any atom is 0.272 e. The highest BCUT2D eigenvalue weighted by Crippen LogP contribution is 2.33. The standard InChI is InChI=1S/C13H21N5O/c1-4-8-5-9(8)16-13(19)11-10(18-14)6-15-12(17-11)7(2)3/h6-9,18H,4-5,14H2,1-3H3,(H,16,19). The summed E-state index contributed by atoms with van der Waals surface area (Å²) < 4.78 is 0. The molecule has 0 spiro atoms. The lowest BCUT2D eigenvalue weighted by Gasteiger charge is -2.11. The number of nitrogens with zero attached hydrogens (tertiary/aromatic N) is 2. The van der Waals surface area contributed by atoms with Gasteiger partial charge in [-0.3, -0.25) is 10.6 Å². The van der Waals surface area contributed by atoms with E-state index >= 15 is 0 Å². The Balaban J connectivity index is 2.16. The number of nitrogens with one attached hydrogen (secondary N) is 2. The van der Waals surface area contributed by atoms with E-state index in [2.05, 4.69) is 27.6 Å². The van der Waals surface area contributed by atoms with E-state index in [1.807, 2.05) is 13.8 Å². The fraction of sp³-hybridized carbons (Fsp3) is 0.615. The molecule has 1 saturated carbocycles. The maximum absolute atomic E-state index is 12.2. The summed E-state index contributed by atoms with van der Waals surface area (Å²) in [5.41, 5.74) is 3.25. The van der Waals surface area contributed by atoms with Crippen molar-refractivity contribution in [1.82, 2.24) is 15.3 Å². The molecule has 2 unspecified atom stereocenters. The molecule has 6 nitrogen and oxygen atoms in total. The lowest BCUT2D eigenvalue weighted by molar-refractivity contribution is 0.0944. The lowest BCUT2D eigenvalue weighted by Crippen LogP contribution is -2.29. The zero-order chi connectivity index (χ0) is 14.0. The topological polar surface area (TPSA) is 92.9 Å². The predicted octanol–water partition coefficient (Wildman–Crippen LogP) is 1.41. The molecule has 1 aliphatic carbocycles. The van der Waals surface area contributed by atoms with Gasteiger partial charge in [-0.1, -0.05) is 27.2 Å². The first kappa shape index (κ1) is 13.7. The normalized spacial score (nSPS) is 21.3. The number of carbonyl (C=O) groups excluding carboxylic acids is 1. The number of amides is 1. The first-order valence-electron chi connectivity index (χ1n) is 6.71. The number of hydrazine groups is 1. The Bertz CT molecular complexity index is 474. The first-order chi connectivity index (χ1) is 9.06. The van der Waals surface area contributed by atoms with Gasteiger partial charge in [-0.25, -0.2) is 9.97 Å². The minimum Gasteiger partial charge on any atom is -0.348 e. The van der Waals surface area contributed by atoms with Gasteiger partial charge >= 0.3 is 0 Å². The smallest absolute Gasteiger partial charge is 0.272 e. The number of aromatic nitrogens is 2. The summed E-state index contributed by atoms with van der Waals surface area (Å²) in [6, 6.07) is 0.278. The van der Waals surface area contributed by atoms with Crippen LogP contribution >= 0.6 is 0 Å². The van der Waals surface area contributed by atoms with Crippen molar-refractivity contribution in [3.05, 3.63) is 17.7 Å². The van der Waals surface area contributed by atoms with E-state index in [9.17, 15) is 4.79 Å². The van der Waals surface area contributed by atoms with Crippen LogP contribution < -0.4 is 16.6 Å². The van der Waals surface area contributed by atoms with Crippen LogP contribution in [-0.2, 0) is 0 Å². The van der Waals surface area contributed by atoms with Crippen LogP contribution in [0.5, 0.6) is 0 Å². The number of rotatable bonds is 5. The van der Waals surface area contributed by atoms with Gasteiger partial charge in [-0.2, -0.15) is 0 Å². The molecular weight excluding hydrogens is 242 g/mol. The van der Waals surface area contributed by atoms with E-state index in [0.717, 1.165) is 12.8 Å². The van der Waals surface area contributed by atoms with Gasteiger partial charge in [-0.15, -0.1) is 0 Å². The van der Waals surface area contributed by atoms with E-state index in [1.165, 1.54) is 0 Å². The number of nitrogens with two attached hydrogens (primary N) is 1. The second kappa shape index (κ2) is 5.52. The number of carbonyl (C=O) groups is 1. The van der Waals surface area contributed by atoms with E-state index in [-0.39, 0.29) is 17.9 Å². The highest BCUT2D eigenvalue weighted by Gasteiger charge is 2.37. The van der Waals surface area contributed by atoms with Crippen molar-refractivity contribution in [2.24, 2.45) is 11.8 Å². The van der Waals surface area contributed by atoms with Crippen LogP contribution in [0.4, 0.5) is 5.69 Å². The molecule has 1 aliphatic rings. The van der Waals surface area contributed by atoms with Gasteiger partial charge in [0.15, 0.2) is 5.69 Å². The third kappa shape index (κ3) is 3.01. The molecule has 1 amide bonds. The molecule has 19 heavy (non-hydrogen) atoms. The van der Waals surface area contributed by atoms with Gasteiger partial charge in [-0.05, 0) is 12.3 Å². The third-order valence-electron chi connectivity index (χ3n) is 3.46. The number of nitrogen functional groups attached to an aromatic ring is 1. The summed E-state index contributed by atoms with van der Waals surface area (Å²) in [6.45, 7) is 6.10. The summed E-state index contributed by atoms with van der Waals surface area (Å²) in [4.78, 5) is 20.7. The molecule has 4 N–H and O–H groups in total. The van der Waals surface area contributed by atoms with Crippen molar-refractivity contribution < 1.29 is 4.79 Å². The minimum atomic E-state index is -0.182. The van der Waals surface area contributed by atoms with E-state index in [0.29, 0.717) is 23.1 Å². The maximum atomic E-state index is 12.2. The Kier molecular flexibility index (Phi) is 3.99. The Labute approximate surface area is 113 Å². The van der Waals surface area contributed by atoms with Gasteiger partial charge in [0.1, 0.15) is 5.82 Å². The molecule has 0 aromatic carbocycles. The summed E-state index contributed by atoms with van der Waals surface area (Å²) in [5.74, 6) is 6.64. The highest BCUT2D eigenvalue weighted by molar-refractivity contribution is 5.97. The van der Waals surface area contributed by atoms with Crippen molar-refractivity contribution in [2.75, 3.05) is 5.43 Å². The Morgan fingerprint density at radius 3 is 2.84 bits per heavy atom. The predicted molar refractivity (Wildman–Crippen MR) is 73.6 cm³/mol. The fourth-order valence-corrected chi connectivity index (χ4v) is 2.06. The zero-order valence-electron chi connectivity index (χ0n) is 11.6. The molecule has 1 heterocycles. The van der Waals surface area contributed by atoms with Crippen LogP contribution in [-0.4, -0.2) is 21.9 Å². The Morgan fingerprint density at radius 1 is 1.58 bits per heavy atom. The average molecular weight is 263 g/mol. The van der Waals surface area contributed by atoms with Crippen LogP contribution in [0.15, 0.2) is 6.20 Å². The Hall–Kier alpha value is -1.69. The van der Waals surface area contributed by atoms with Gasteiger partial charge in [0, 0.05) is 12.0 Å². The molecule has 2 atom stereocenters. The lowest BCUT2D eigenvalue weighted by atomic mass is 10.2. The van der Waals surface area contributed by atoms with E-state index in [1.54, 1.807) is 6.20 Å². The number of anilines is 1. The quantitative estimate of drug-likeness (QED) is 0.552. The highest BCUT2D eigenvalue weighted by atomic mass is 16.2. The first-order valence-corrected chi connectivity index (χ1v) is 6.71. The van der Waals surface area contributed by atoms with Gasteiger partial charge in [0.2, 0.25) is 0 Å². The van der Waals surface area contributed by atoms with Crippen LogP contribution in [0.3, 0.4) is 0 Å². The summed E-state index contributed by atoms with van der Waals surface area (Å²) >= 11 is 0. The van der Waals surface area contributed by atoms with Crippen LogP contribution in [0.25, 0.3) is 0 Å². The van der Waals surface area contributed by atoms with E-state index < -0.39 is 0 Å². The van der Waals surface area contributed by atoms with Gasteiger partial charge in [0.05, 0.1) is 11.9 Å². The molecule has 0 saturated heterocycles. The van der Waals surface area contributed by atoms with Crippen LogP contribution in [0, 0.1) is 5.92 Å². The van der Waals surface area contributed by atoms with E-state index in [4.69, 9.17) is 5.84 Å². The molecule has 1 fully saturated rings.